The molecule has 8 nitrogen and oxygen atoms in total. The molecule has 2 heterocycles. The first-order valence-corrected chi connectivity index (χ1v) is 12.2. The largest absolute Gasteiger partial charge is 0.416 e. The van der Waals surface area contributed by atoms with Crippen molar-refractivity contribution in [2.75, 3.05) is 56.0 Å². The lowest BCUT2D eigenvalue weighted by atomic mass is 10.1. The Hall–Kier alpha value is -3.31. The second-order valence-electron chi connectivity index (χ2n) is 8.96. The van der Waals surface area contributed by atoms with E-state index >= 15 is 0 Å². The third kappa shape index (κ3) is 6.92. The van der Waals surface area contributed by atoms with Gasteiger partial charge in [0.1, 0.15) is 6.04 Å². The van der Waals surface area contributed by atoms with E-state index in [0.29, 0.717) is 49.1 Å². The Morgan fingerprint density at radius 3 is 2.41 bits per heavy atom. The highest BCUT2D eigenvalue weighted by Gasteiger charge is 2.36. The molecule has 0 saturated carbocycles. The van der Waals surface area contributed by atoms with E-state index in [1.54, 1.807) is 30.3 Å². The molecular formula is C25H27ClF3N5O3. The van der Waals surface area contributed by atoms with Crippen molar-refractivity contribution in [3.8, 4) is 0 Å². The summed E-state index contributed by atoms with van der Waals surface area (Å²) in [5.41, 5.74) is 0.319. The quantitative estimate of drug-likeness (QED) is 0.592. The zero-order valence-electron chi connectivity index (χ0n) is 19.9. The predicted octanol–water partition coefficient (Wildman–Crippen LogP) is 2.84. The highest BCUT2D eigenvalue weighted by atomic mass is 35.5. The van der Waals surface area contributed by atoms with Crippen LogP contribution in [0.2, 0.25) is 5.02 Å². The molecule has 4 rings (SSSR count). The molecule has 3 amide bonds. The van der Waals surface area contributed by atoms with Crippen LogP contribution in [0.15, 0.2) is 48.5 Å². The Morgan fingerprint density at radius 2 is 1.73 bits per heavy atom. The Morgan fingerprint density at radius 1 is 1.03 bits per heavy atom. The second-order valence-corrected chi connectivity index (χ2v) is 9.40. The number of nitrogens with zero attached hydrogens (tertiary/aromatic N) is 3. The van der Waals surface area contributed by atoms with Gasteiger partial charge in [0.05, 0.1) is 18.5 Å². The number of hydrogen-bond donors (Lipinski definition) is 2. The molecule has 12 heteroatoms. The van der Waals surface area contributed by atoms with Crippen LogP contribution in [0.25, 0.3) is 0 Å². The number of hydrogen-bond acceptors (Lipinski definition) is 5. The summed E-state index contributed by atoms with van der Waals surface area (Å²) in [6.45, 7) is 2.51. The van der Waals surface area contributed by atoms with Gasteiger partial charge < -0.3 is 20.4 Å². The second kappa shape index (κ2) is 11.4. The van der Waals surface area contributed by atoms with E-state index in [-0.39, 0.29) is 31.3 Å². The maximum Gasteiger partial charge on any atom is 0.416 e. The van der Waals surface area contributed by atoms with Gasteiger partial charge in [-0.1, -0.05) is 17.7 Å². The Balaban J connectivity index is 1.32. The number of piperazine rings is 2. The number of halogens is 4. The highest BCUT2D eigenvalue weighted by Crippen LogP contribution is 2.32. The van der Waals surface area contributed by atoms with Crippen LogP contribution in [-0.4, -0.2) is 79.4 Å². The van der Waals surface area contributed by atoms with Crippen LogP contribution in [0.3, 0.4) is 0 Å². The Kier molecular flexibility index (Phi) is 8.23. The molecule has 2 N–H and O–H groups in total. The van der Waals surface area contributed by atoms with Crippen LogP contribution in [-0.2, 0) is 20.6 Å². The van der Waals surface area contributed by atoms with Gasteiger partial charge in [0, 0.05) is 55.7 Å². The van der Waals surface area contributed by atoms with Crippen LogP contribution >= 0.6 is 11.6 Å². The third-order valence-electron chi connectivity index (χ3n) is 6.43. The molecule has 37 heavy (non-hydrogen) atoms. The van der Waals surface area contributed by atoms with Gasteiger partial charge >= 0.3 is 6.18 Å². The Bertz CT molecular complexity index is 1140. The maximum atomic E-state index is 13.1. The summed E-state index contributed by atoms with van der Waals surface area (Å²) in [7, 11) is 0. The zero-order chi connectivity index (χ0) is 26.6. The Labute approximate surface area is 217 Å². The van der Waals surface area contributed by atoms with Crippen molar-refractivity contribution in [3.63, 3.8) is 0 Å². The number of benzene rings is 2. The molecule has 0 spiro atoms. The van der Waals surface area contributed by atoms with E-state index in [9.17, 15) is 27.6 Å². The van der Waals surface area contributed by atoms with Crippen LogP contribution in [0.4, 0.5) is 24.5 Å². The van der Waals surface area contributed by atoms with Gasteiger partial charge in [-0.05, 0) is 42.5 Å². The van der Waals surface area contributed by atoms with Crippen molar-refractivity contribution in [1.82, 2.24) is 15.1 Å². The summed E-state index contributed by atoms with van der Waals surface area (Å²) in [4.78, 5) is 43.4. The van der Waals surface area contributed by atoms with Gasteiger partial charge in [-0.2, -0.15) is 13.2 Å². The number of nitrogens with one attached hydrogen (secondary N) is 2. The number of anilines is 2. The molecule has 0 unspecified atom stereocenters. The van der Waals surface area contributed by atoms with Gasteiger partial charge in [0.25, 0.3) is 0 Å². The molecule has 2 aliphatic rings. The van der Waals surface area contributed by atoms with Crippen LogP contribution in [0.1, 0.15) is 12.0 Å². The van der Waals surface area contributed by atoms with E-state index in [1.165, 1.54) is 11.0 Å². The van der Waals surface area contributed by atoms with Crippen molar-refractivity contribution < 1.29 is 27.6 Å². The number of rotatable bonds is 6. The summed E-state index contributed by atoms with van der Waals surface area (Å²) in [5, 5.41) is 5.94. The fraction of sp³-hybridized carbons (Fsp3) is 0.400. The van der Waals surface area contributed by atoms with Crippen molar-refractivity contribution in [2.45, 2.75) is 18.6 Å². The van der Waals surface area contributed by atoms with E-state index < -0.39 is 23.7 Å². The minimum absolute atomic E-state index is 0.0546. The monoisotopic (exact) mass is 537 g/mol. The van der Waals surface area contributed by atoms with E-state index in [1.807, 2.05) is 9.80 Å². The molecule has 2 aromatic rings. The van der Waals surface area contributed by atoms with Crippen LogP contribution in [0, 0.1) is 0 Å². The van der Waals surface area contributed by atoms with Crippen molar-refractivity contribution >= 4 is 40.7 Å². The van der Waals surface area contributed by atoms with Crippen molar-refractivity contribution in [3.05, 3.63) is 59.1 Å². The lowest BCUT2D eigenvalue weighted by Crippen LogP contribution is -2.60. The lowest BCUT2D eigenvalue weighted by molar-refractivity contribution is -0.145. The third-order valence-corrected chi connectivity index (χ3v) is 6.68. The van der Waals surface area contributed by atoms with Crippen LogP contribution < -0.4 is 15.5 Å². The number of amides is 3. The number of carbonyl (C=O) groups is 3. The van der Waals surface area contributed by atoms with Crippen molar-refractivity contribution in [1.29, 1.82) is 0 Å². The predicted molar refractivity (Wildman–Crippen MR) is 133 cm³/mol. The molecule has 0 bridgehead atoms. The topological polar surface area (TPSA) is 85.0 Å². The first-order chi connectivity index (χ1) is 17.6. The molecule has 198 valence electrons. The van der Waals surface area contributed by atoms with E-state index in [0.717, 1.165) is 12.1 Å². The normalized spacial score (nSPS) is 18.9. The molecule has 2 aliphatic heterocycles. The van der Waals surface area contributed by atoms with E-state index in [2.05, 4.69) is 10.6 Å². The SMILES string of the molecule is O=C(C[C@@H]1C(=O)NCCN1C(=O)CN1CCN(c2cccc(C(F)(F)F)c2)CC1)Nc1ccc(Cl)cc1. The fourth-order valence-electron chi connectivity index (χ4n) is 4.46. The zero-order valence-corrected chi connectivity index (χ0v) is 20.7. The average Bonchev–Trinajstić information content (AvgIpc) is 2.86. The standard InChI is InChI=1S/C25H27ClF3N5O3/c26-18-4-6-19(7-5-18)31-22(35)15-21-24(37)30-8-9-34(21)23(36)16-32-10-12-33(13-11-32)20-3-1-2-17(14-20)25(27,28)29/h1-7,14,21H,8-13,15-16H2,(H,30,37)(H,31,35)/t21-/m1/s1. The molecule has 0 radical (unpaired) electrons. The van der Waals surface area contributed by atoms with Gasteiger partial charge in [-0.3, -0.25) is 19.3 Å². The maximum absolute atomic E-state index is 13.1. The van der Waals surface area contributed by atoms with E-state index in [4.69, 9.17) is 11.6 Å². The summed E-state index contributed by atoms with van der Waals surface area (Å²) < 4.78 is 39.2. The summed E-state index contributed by atoms with van der Waals surface area (Å²) >= 11 is 5.86. The summed E-state index contributed by atoms with van der Waals surface area (Å²) in [6, 6.07) is 10.8. The highest BCUT2D eigenvalue weighted by molar-refractivity contribution is 6.30. The minimum Gasteiger partial charge on any atom is -0.369 e. The lowest BCUT2D eigenvalue weighted by Gasteiger charge is -2.39. The first kappa shape index (κ1) is 26.7. The molecule has 0 aliphatic carbocycles. The first-order valence-electron chi connectivity index (χ1n) is 11.9. The number of carbonyl (C=O) groups excluding carboxylic acids is 3. The van der Waals surface area contributed by atoms with Gasteiger partial charge in [0.15, 0.2) is 0 Å². The molecule has 2 saturated heterocycles. The van der Waals surface area contributed by atoms with Crippen molar-refractivity contribution in [2.24, 2.45) is 0 Å². The molecule has 1 atom stereocenters. The minimum atomic E-state index is -4.41. The molecular weight excluding hydrogens is 511 g/mol. The average molecular weight is 538 g/mol. The summed E-state index contributed by atoms with van der Waals surface area (Å²) in [6.07, 6.45) is -4.60. The molecule has 2 fully saturated rings. The fourth-order valence-corrected chi connectivity index (χ4v) is 4.59. The van der Waals surface area contributed by atoms with Gasteiger partial charge in [-0.25, -0.2) is 0 Å². The number of alkyl halides is 3. The smallest absolute Gasteiger partial charge is 0.369 e. The van der Waals surface area contributed by atoms with Gasteiger partial charge in [0.2, 0.25) is 17.7 Å². The summed E-state index contributed by atoms with van der Waals surface area (Å²) in [5.74, 6) is -1.07. The molecule has 0 aromatic heterocycles. The molecule has 2 aromatic carbocycles. The van der Waals surface area contributed by atoms with Gasteiger partial charge in [-0.15, -0.1) is 0 Å². The van der Waals surface area contributed by atoms with Crippen LogP contribution in [0.5, 0.6) is 0 Å².